The smallest absolute Gasteiger partial charge is 0.277 e. The number of pyridine rings is 1. The lowest BCUT2D eigenvalue weighted by atomic mass is 10.1. The van der Waals surface area contributed by atoms with Gasteiger partial charge in [-0.15, -0.1) is 0 Å². The number of nitrogens with zero attached hydrogens (tertiary/aromatic N) is 3. The molecule has 23 heavy (non-hydrogen) atoms. The summed E-state index contributed by atoms with van der Waals surface area (Å²) >= 11 is 0. The van der Waals surface area contributed by atoms with Crippen molar-refractivity contribution in [3.63, 3.8) is 0 Å². The molecule has 118 valence electrons. The van der Waals surface area contributed by atoms with Crippen LogP contribution >= 0.6 is 0 Å². The topological polar surface area (TPSA) is 128 Å². The maximum atomic E-state index is 12.2. The van der Waals surface area contributed by atoms with Gasteiger partial charge in [0, 0.05) is 17.8 Å². The van der Waals surface area contributed by atoms with E-state index >= 15 is 0 Å². The van der Waals surface area contributed by atoms with E-state index in [1.807, 2.05) is 13.0 Å². The predicted molar refractivity (Wildman–Crippen MR) is 81.4 cm³/mol. The second-order valence-corrected chi connectivity index (χ2v) is 4.88. The van der Waals surface area contributed by atoms with Crippen molar-refractivity contribution in [3.8, 4) is 0 Å². The van der Waals surface area contributed by atoms with E-state index in [1.54, 1.807) is 13.0 Å². The van der Waals surface area contributed by atoms with Gasteiger partial charge in [-0.25, -0.2) is 4.98 Å². The summed E-state index contributed by atoms with van der Waals surface area (Å²) in [5.41, 5.74) is 0.311. The van der Waals surface area contributed by atoms with Crippen LogP contribution in [0.1, 0.15) is 21.6 Å². The highest BCUT2D eigenvalue weighted by Gasteiger charge is 2.20. The van der Waals surface area contributed by atoms with E-state index in [1.165, 1.54) is 0 Å². The number of aromatic nitrogens is 1. The predicted octanol–water partition coefficient (Wildman–Crippen LogP) is 2.77. The second kappa shape index (κ2) is 6.18. The Bertz CT molecular complexity index is 766. The summed E-state index contributed by atoms with van der Waals surface area (Å²) in [6.07, 6.45) is 0. The van der Waals surface area contributed by atoms with E-state index in [2.05, 4.69) is 10.3 Å². The van der Waals surface area contributed by atoms with E-state index in [9.17, 15) is 25.0 Å². The largest absolute Gasteiger partial charge is 0.307 e. The molecule has 0 aliphatic carbocycles. The van der Waals surface area contributed by atoms with Crippen LogP contribution < -0.4 is 5.32 Å². The molecular weight excluding hydrogens is 304 g/mol. The number of anilines is 1. The van der Waals surface area contributed by atoms with Crippen LogP contribution in [0, 0.1) is 34.1 Å². The van der Waals surface area contributed by atoms with Gasteiger partial charge >= 0.3 is 0 Å². The lowest BCUT2D eigenvalue weighted by Crippen LogP contribution is -2.14. The summed E-state index contributed by atoms with van der Waals surface area (Å²) in [6, 6.07) is 6.19. The van der Waals surface area contributed by atoms with Gasteiger partial charge in [-0.1, -0.05) is 0 Å². The summed E-state index contributed by atoms with van der Waals surface area (Å²) in [5.74, 6) is -0.448. The van der Waals surface area contributed by atoms with Crippen LogP contribution in [0.15, 0.2) is 30.3 Å². The zero-order valence-electron chi connectivity index (χ0n) is 12.3. The summed E-state index contributed by atoms with van der Waals surface area (Å²) in [4.78, 5) is 36.4. The Morgan fingerprint density at radius 1 is 1.00 bits per heavy atom. The average molecular weight is 316 g/mol. The summed E-state index contributed by atoms with van der Waals surface area (Å²) < 4.78 is 0. The third kappa shape index (κ3) is 3.84. The van der Waals surface area contributed by atoms with Crippen LogP contribution in [0.5, 0.6) is 0 Å². The van der Waals surface area contributed by atoms with Gasteiger partial charge in [0.15, 0.2) is 0 Å². The van der Waals surface area contributed by atoms with Crippen molar-refractivity contribution in [1.29, 1.82) is 0 Å². The van der Waals surface area contributed by atoms with Crippen molar-refractivity contribution < 1.29 is 14.6 Å². The third-order valence-corrected chi connectivity index (χ3v) is 2.93. The maximum absolute atomic E-state index is 12.2. The molecule has 0 aliphatic heterocycles. The normalized spacial score (nSPS) is 10.2. The number of benzene rings is 1. The quantitative estimate of drug-likeness (QED) is 0.682. The molecule has 1 N–H and O–H groups in total. The molecule has 9 nitrogen and oxygen atoms in total. The fraction of sp³-hybridized carbons (Fsp3) is 0.143. The minimum atomic E-state index is -0.793. The number of rotatable bonds is 4. The molecule has 1 aromatic heterocycles. The van der Waals surface area contributed by atoms with Crippen LogP contribution in [-0.2, 0) is 0 Å². The van der Waals surface area contributed by atoms with Gasteiger partial charge in [-0.2, -0.15) is 0 Å². The van der Waals surface area contributed by atoms with Gasteiger partial charge in [0.25, 0.3) is 17.3 Å². The van der Waals surface area contributed by atoms with Crippen molar-refractivity contribution in [2.45, 2.75) is 13.8 Å². The number of hydrogen-bond donors (Lipinski definition) is 1. The first kappa shape index (κ1) is 16.0. The minimum Gasteiger partial charge on any atom is -0.307 e. The molecule has 0 radical (unpaired) electrons. The van der Waals surface area contributed by atoms with E-state index in [0.29, 0.717) is 5.69 Å². The van der Waals surface area contributed by atoms with E-state index in [0.717, 1.165) is 23.8 Å². The molecule has 1 heterocycles. The SMILES string of the molecule is Cc1cc(C)nc(NC(=O)c2cc([N+](=O)[O-])cc([N+](=O)[O-])c2)c1. The Morgan fingerprint density at radius 2 is 1.57 bits per heavy atom. The van der Waals surface area contributed by atoms with E-state index in [-0.39, 0.29) is 11.4 Å². The molecule has 0 bridgehead atoms. The summed E-state index contributed by atoms with van der Waals surface area (Å²) in [5, 5.41) is 24.2. The van der Waals surface area contributed by atoms with Gasteiger partial charge in [-0.05, 0) is 31.5 Å². The molecule has 0 atom stereocenters. The third-order valence-electron chi connectivity index (χ3n) is 2.93. The Hall–Kier alpha value is -3.36. The van der Waals surface area contributed by atoms with Gasteiger partial charge in [0.1, 0.15) is 5.82 Å². The van der Waals surface area contributed by atoms with Gasteiger partial charge in [0.05, 0.1) is 21.5 Å². The summed E-state index contributed by atoms with van der Waals surface area (Å²) in [6.45, 7) is 3.57. The first-order chi connectivity index (χ1) is 10.8. The minimum absolute atomic E-state index is 0.188. The Balaban J connectivity index is 2.38. The van der Waals surface area contributed by atoms with Gasteiger partial charge in [-0.3, -0.25) is 25.0 Å². The highest BCUT2D eigenvalue weighted by Crippen LogP contribution is 2.23. The van der Waals surface area contributed by atoms with Gasteiger partial charge < -0.3 is 5.32 Å². The molecule has 1 aromatic carbocycles. The van der Waals surface area contributed by atoms with E-state index < -0.39 is 27.1 Å². The first-order valence-corrected chi connectivity index (χ1v) is 6.47. The van der Waals surface area contributed by atoms with Crippen molar-refractivity contribution in [2.24, 2.45) is 0 Å². The monoisotopic (exact) mass is 316 g/mol. The Morgan fingerprint density at radius 3 is 2.04 bits per heavy atom. The number of non-ortho nitro benzene ring substituents is 2. The molecule has 0 spiro atoms. The number of nitrogens with one attached hydrogen (secondary N) is 1. The molecule has 0 unspecified atom stereocenters. The van der Waals surface area contributed by atoms with E-state index in [4.69, 9.17) is 0 Å². The zero-order chi connectivity index (χ0) is 17.1. The maximum Gasteiger partial charge on any atom is 0.277 e. The van der Waals surface area contributed by atoms with Crippen LogP contribution in [0.2, 0.25) is 0 Å². The second-order valence-electron chi connectivity index (χ2n) is 4.88. The van der Waals surface area contributed by atoms with Crippen molar-refractivity contribution >= 4 is 23.1 Å². The van der Waals surface area contributed by atoms with Crippen LogP contribution in [0.3, 0.4) is 0 Å². The fourth-order valence-corrected chi connectivity index (χ4v) is 2.03. The number of hydrogen-bond acceptors (Lipinski definition) is 6. The standard InChI is InChI=1S/C14H12N4O5/c1-8-3-9(2)15-13(4-8)16-14(19)10-5-11(17(20)21)7-12(6-10)18(22)23/h3-7H,1-2H3,(H,15,16,19). The van der Waals surface area contributed by atoms with Crippen LogP contribution in [-0.4, -0.2) is 20.7 Å². The molecule has 0 fully saturated rings. The fourth-order valence-electron chi connectivity index (χ4n) is 2.03. The number of carbonyl (C=O) groups is 1. The lowest BCUT2D eigenvalue weighted by molar-refractivity contribution is -0.394. The molecular formula is C14H12N4O5. The Labute approximate surface area is 130 Å². The molecule has 9 heteroatoms. The first-order valence-electron chi connectivity index (χ1n) is 6.47. The number of amides is 1. The highest BCUT2D eigenvalue weighted by atomic mass is 16.6. The van der Waals surface area contributed by atoms with Crippen molar-refractivity contribution in [3.05, 3.63) is 67.4 Å². The number of carbonyl (C=O) groups excluding carboxylic acids is 1. The van der Waals surface area contributed by atoms with Crippen molar-refractivity contribution in [2.75, 3.05) is 5.32 Å². The van der Waals surface area contributed by atoms with Crippen LogP contribution in [0.25, 0.3) is 0 Å². The summed E-state index contributed by atoms with van der Waals surface area (Å²) in [7, 11) is 0. The zero-order valence-corrected chi connectivity index (χ0v) is 12.3. The molecule has 0 saturated heterocycles. The highest BCUT2D eigenvalue weighted by molar-refractivity contribution is 6.04. The molecule has 0 saturated carbocycles. The molecule has 2 rings (SSSR count). The average Bonchev–Trinajstić information content (AvgIpc) is 2.45. The number of nitro groups is 2. The molecule has 0 aliphatic rings. The van der Waals surface area contributed by atoms with Crippen LogP contribution in [0.4, 0.5) is 17.2 Å². The number of nitro benzene ring substituents is 2. The Kier molecular flexibility index (Phi) is 4.30. The molecule has 1 amide bonds. The van der Waals surface area contributed by atoms with Crippen molar-refractivity contribution in [1.82, 2.24) is 4.98 Å². The number of aryl methyl sites for hydroxylation is 2. The van der Waals surface area contributed by atoms with Gasteiger partial charge in [0.2, 0.25) is 0 Å². The molecule has 2 aromatic rings. The lowest BCUT2D eigenvalue weighted by Gasteiger charge is -2.06.